The summed E-state index contributed by atoms with van der Waals surface area (Å²) in [5.74, 6) is 0. The summed E-state index contributed by atoms with van der Waals surface area (Å²) < 4.78 is 37.8. The number of halogens is 4. The van der Waals surface area contributed by atoms with Crippen LogP contribution in [0.25, 0.3) is 5.65 Å². The van der Waals surface area contributed by atoms with E-state index in [1.807, 2.05) is 0 Å². The summed E-state index contributed by atoms with van der Waals surface area (Å²) in [7, 11) is 0. The van der Waals surface area contributed by atoms with Gasteiger partial charge in [-0.3, -0.25) is 4.40 Å². The summed E-state index contributed by atoms with van der Waals surface area (Å²) in [5.41, 5.74) is -0.929. The van der Waals surface area contributed by atoms with Crippen molar-refractivity contribution in [2.75, 3.05) is 0 Å². The highest BCUT2D eigenvalue weighted by Crippen LogP contribution is 2.29. The number of nitrogens with zero attached hydrogens (tertiary/aromatic N) is 3. The van der Waals surface area contributed by atoms with Crippen molar-refractivity contribution in [1.82, 2.24) is 14.4 Å². The van der Waals surface area contributed by atoms with Crippen LogP contribution in [0.2, 0.25) is 5.02 Å². The number of alkyl halides is 3. The molecule has 2 aromatic heterocycles. The molecule has 0 aliphatic rings. The molecule has 0 spiro atoms. The minimum Gasteiger partial charge on any atom is -0.289 e. The maximum Gasteiger partial charge on any atom is 0.434 e. The normalized spacial score (nSPS) is 12.3. The molecule has 2 rings (SSSR count). The monoisotopic (exact) mass is 221 g/mol. The van der Waals surface area contributed by atoms with Crippen molar-refractivity contribution in [1.29, 1.82) is 0 Å². The van der Waals surface area contributed by atoms with Gasteiger partial charge in [0.25, 0.3) is 0 Å². The minimum atomic E-state index is -4.46. The second kappa shape index (κ2) is 2.84. The van der Waals surface area contributed by atoms with Crippen LogP contribution < -0.4 is 0 Å². The van der Waals surface area contributed by atoms with Crippen LogP contribution in [0.3, 0.4) is 0 Å². The van der Waals surface area contributed by atoms with Crippen molar-refractivity contribution < 1.29 is 13.2 Å². The molecule has 3 nitrogen and oxygen atoms in total. The Morgan fingerprint density at radius 3 is 2.64 bits per heavy atom. The van der Waals surface area contributed by atoms with Gasteiger partial charge in [-0.1, -0.05) is 11.6 Å². The summed E-state index contributed by atoms with van der Waals surface area (Å²) >= 11 is 5.61. The van der Waals surface area contributed by atoms with Crippen LogP contribution in [-0.4, -0.2) is 14.4 Å². The number of rotatable bonds is 0. The van der Waals surface area contributed by atoms with Gasteiger partial charge in [0.1, 0.15) is 11.3 Å². The Kier molecular flexibility index (Phi) is 1.88. The lowest BCUT2D eigenvalue weighted by Gasteiger charge is -1.98. The van der Waals surface area contributed by atoms with E-state index in [0.29, 0.717) is 0 Å². The molecule has 0 unspecified atom stereocenters. The third kappa shape index (κ3) is 1.41. The van der Waals surface area contributed by atoms with Gasteiger partial charge < -0.3 is 0 Å². The molecule has 0 aliphatic heterocycles. The van der Waals surface area contributed by atoms with Crippen LogP contribution in [0, 0.1) is 0 Å². The fourth-order valence-corrected chi connectivity index (χ4v) is 1.22. The van der Waals surface area contributed by atoms with Crippen molar-refractivity contribution in [3.63, 3.8) is 0 Å². The van der Waals surface area contributed by atoms with Crippen molar-refractivity contribution in [3.8, 4) is 0 Å². The fourth-order valence-electron chi connectivity index (χ4n) is 1.02. The zero-order valence-electron chi connectivity index (χ0n) is 6.59. The quantitative estimate of drug-likeness (QED) is 0.684. The molecule has 2 heterocycles. The van der Waals surface area contributed by atoms with Crippen LogP contribution in [0.5, 0.6) is 0 Å². The highest BCUT2D eigenvalue weighted by molar-refractivity contribution is 6.33. The van der Waals surface area contributed by atoms with Gasteiger partial charge in [-0.05, 0) is 0 Å². The first kappa shape index (κ1) is 9.26. The molecular formula is C7H3ClF3N3. The van der Waals surface area contributed by atoms with Crippen LogP contribution >= 0.6 is 11.6 Å². The van der Waals surface area contributed by atoms with Gasteiger partial charge in [0.2, 0.25) is 0 Å². The van der Waals surface area contributed by atoms with Crippen molar-refractivity contribution in [2.24, 2.45) is 0 Å². The topological polar surface area (TPSA) is 30.2 Å². The molecule has 14 heavy (non-hydrogen) atoms. The van der Waals surface area contributed by atoms with Gasteiger partial charge >= 0.3 is 6.18 Å². The van der Waals surface area contributed by atoms with Crippen LogP contribution in [0.4, 0.5) is 13.2 Å². The first-order valence-corrected chi connectivity index (χ1v) is 3.91. The Morgan fingerprint density at radius 1 is 1.36 bits per heavy atom. The molecule has 0 saturated heterocycles. The second-order valence-electron chi connectivity index (χ2n) is 2.60. The molecule has 0 N–H and O–H groups in total. The third-order valence-corrected chi connectivity index (χ3v) is 1.88. The molecule has 0 bridgehead atoms. The molecule has 7 heteroatoms. The second-order valence-corrected chi connectivity index (χ2v) is 3.00. The predicted molar refractivity (Wildman–Crippen MR) is 43.0 cm³/mol. The Balaban J connectivity index is 2.69. The number of hydrogen-bond acceptors (Lipinski definition) is 2. The molecule has 0 radical (unpaired) electrons. The molecule has 0 saturated carbocycles. The summed E-state index contributed by atoms with van der Waals surface area (Å²) in [6, 6.07) is 0. The SMILES string of the molecule is FC(F)(F)c1cn2cncc(Cl)c2n1. The Bertz CT molecular complexity index is 476. The Hall–Kier alpha value is -1.30. The van der Waals surface area contributed by atoms with E-state index in [4.69, 9.17) is 11.6 Å². The van der Waals surface area contributed by atoms with Crippen LogP contribution in [-0.2, 0) is 6.18 Å². The van der Waals surface area contributed by atoms with E-state index in [2.05, 4.69) is 9.97 Å². The lowest BCUT2D eigenvalue weighted by molar-refractivity contribution is -0.140. The lowest BCUT2D eigenvalue weighted by atomic mass is 10.5. The van der Waals surface area contributed by atoms with Gasteiger partial charge in [-0.15, -0.1) is 0 Å². The van der Waals surface area contributed by atoms with E-state index in [0.717, 1.165) is 10.6 Å². The average molecular weight is 222 g/mol. The standard InChI is InChI=1S/C7H3ClF3N3/c8-4-1-12-3-14-2-5(7(9,10)11)13-6(4)14/h1-3H. The largest absolute Gasteiger partial charge is 0.434 e. The molecule has 74 valence electrons. The lowest BCUT2D eigenvalue weighted by Crippen LogP contribution is -2.04. The third-order valence-electron chi connectivity index (χ3n) is 1.62. The minimum absolute atomic E-state index is 0.0500. The Labute approximate surface area is 81.2 Å². The van der Waals surface area contributed by atoms with E-state index in [-0.39, 0.29) is 10.7 Å². The highest BCUT2D eigenvalue weighted by Gasteiger charge is 2.34. The summed E-state index contributed by atoms with van der Waals surface area (Å²) in [4.78, 5) is 6.98. The van der Waals surface area contributed by atoms with E-state index in [1.54, 1.807) is 0 Å². The van der Waals surface area contributed by atoms with Crippen molar-refractivity contribution >= 4 is 17.2 Å². The summed E-state index contributed by atoms with van der Waals surface area (Å²) in [6.45, 7) is 0. The van der Waals surface area contributed by atoms with Gasteiger partial charge in [0, 0.05) is 6.20 Å². The van der Waals surface area contributed by atoms with Crippen LogP contribution in [0.15, 0.2) is 18.7 Å². The smallest absolute Gasteiger partial charge is 0.289 e. The molecule has 0 amide bonds. The fraction of sp³-hybridized carbons (Fsp3) is 0.143. The first-order chi connectivity index (χ1) is 6.48. The van der Waals surface area contributed by atoms with Gasteiger partial charge in [0.05, 0.1) is 6.20 Å². The van der Waals surface area contributed by atoms with Crippen LogP contribution in [0.1, 0.15) is 5.69 Å². The average Bonchev–Trinajstić information content (AvgIpc) is 2.48. The van der Waals surface area contributed by atoms with E-state index in [9.17, 15) is 13.2 Å². The van der Waals surface area contributed by atoms with Gasteiger partial charge in [-0.2, -0.15) is 13.2 Å². The number of hydrogen-bond donors (Lipinski definition) is 0. The zero-order valence-corrected chi connectivity index (χ0v) is 7.34. The molecular weight excluding hydrogens is 219 g/mol. The zero-order chi connectivity index (χ0) is 10.3. The molecule has 0 aliphatic carbocycles. The molecule has 0 atom stereocenters. The van der Waals surface area contributed by atoms with E-state index >= 15 is 0 Å². The molecule has 2 aromatic rings. The summed E-state index contributed by atoms with van der Waals surface area (Å²) in [5, 5.41) is 0.0861. The molecule has 0 aromatic carbocycles. The maximum absolute atomic E-state index is 12.2. The molecule has 0 fully saturated rings. The van der Waals surface area contributed by atoms with E-state index in [1.165, 1.54) is 12.5 Å². The van der Waals surface area contributed by atoms with Gasteiger partial charge in [0.15, 0.2) is 11.3 Å². The number of imidazole rings is 1. The van der Waals surface area contributed by atoms with Crippen molar-refractivity contribution in [3.05, 3.63) is 29.4 Å². The van der Waals surface area contributed by atoms with E-state index < -0.39 is 11.9 Å². The first-order valence-electron chi connectivity index (χ1n) is 3.54. The maximum atomic E-state index is 12.2. The number of aromatic nitrogens is 3. The highest BCUT2D eigenvalue weighted by atomic mass is 35.5. The Morgan fingerprint density at radius 2 is 2.07 bits per heavy atom. The van der Waals surface area contributed by atoms with Gasteiger partial charge in [-0.25, -0.2) is 9.97 Å². The summed E-state index contributed by atoms with van der Waals surface area (Å²) in [6.07, 6.45) is -1.17. The van der Waals surface area contributed by atoms with Crippen molar-refractivity contribution in [2.45, 2.75) is 6.18 Å². The number of fused-ring (bicyclic) bond motifs is 1. The predicted octanol–water partition coefficient (Wildman–Crippen LogP) is 2.40.